The van der Waals surface area contributed by atoms with Crippen molar-refractivity contribution in [2.45, 2.75) is 13.8 Å². The van der Waals surface area contributed by atoms with E-state index in [1.165, 1.54) is 6.21 Å². The summed E-state index contributed by atoms with van der Waals surface area (Å²) in [5.74, 6) is 0.458. The molecule has 0 atom stereocenters. The molecule has 0 unspecified atom stereocenters. The number of aryl methyl sites for hydroxylation is 1. The van der Waals surface area contributed by atoms with Gasteiger partial charge < -0.3 is 20.5 Å². The average Bonchev–Trinajstić information content (AvgIpc) is 2.67. The van der Waals surface area contributed by atoms with E-state index < -0.39 is 6.03 Å². The van der Waals surface area contributed by atoms with E-state index in [9.17, 15) is 9.59 Å². The highest BCUT2D eigenvalue weighted by molar-refractivity contribution is 9.13. The molecule has 0 saturated carbocycles. The van der Waals surface area contributed by atoms with E-state index in [1.54, 1.807) is 6.07 Å². The van der Waals surface area contributed by atoms with Crippen molar-refractivity contribution >= 4 is 55.7 Å². The molecular formula is C19H20Br2N4O4. The normalized spacial score (nSPS) is 10.6. The van der Waals surface area contributed by atoms with Crippen LogP contribution in [0.3, 0.4) is 0 Å². The summed E-state index contributed by atoms with van der Waals surface area (Å²) in [7, 11) is 0. The lowest BCUT2D eigenvalue weighted by molar-refractivity contribution is -0.118. The number of hydrogen-bond acceptors (Lipinski definition) is 5. The molecule has 2 aromatic carbocycles. The zero-order valence-corrected chi connectivity index (χ0v) is 19.0. The third-order valence-electron chi connectivity index (χ3n) is 3.52. The predicted octanol–water partition coefficient (Wildman–Crippen LogP) is 3.94. The topological polar surface area (TPSA) is 115 Å². The number of benzene rings is 2. The van der Waals surface area contributed by atoms with Crippen LogP contribution in [0.2, 0.25) is 0 Å². The highest BCUT2D eigenvalue weighted by Crippen LogP contribution is 2.42. The summed E-state index contributed by atoms with van der Waals surface area (Å²) in [5, 5.41) is 6.51. The molecule has 0 saturated heterocycles. The lowest BCUT2D eigenvalue weighted by Crippen LogP contribution is -2.24. The Kier molecular flexibility index (Phi) is 8.47. The summed E-state index contributed by atoms with van der Waals surface area (Å²) in [6.07, 6.45) is 1.40. The predicted molar refractivity (Wildman–Crippen MR) is 119 cm³/mol. The first kappa shape index (κ1) is 22.7. The summed E-state index contributed by atoms with van der Waals surface area (Å²) < 4.78 is 12.5. The second-order valence-electron chi connectivity index (χ2n) is 5.79. The molecule has 0 bridgehead atoms. The highest BCUT2D eigenvalue weighted by atomic mass is 79.9. The number of carbonyl (C=O) groups is 2. The molecule has 10 heteroatoms. The van der Waals surface area contributed by atoms with Crippen molar-refractivity contribution in [3.8, 4) is 11.5 Å². The molecule has 154 valence electrons. The number of hydrazone groups is 1. The van der Waals surface area contributed by atoms with Gasteiger partial charge in [-0.1, -0.05) is 17.7 Å². The largest absolute Gasteiger partial charge is 0.490 e. The fourth-order valence-corrected chi connectivity index (χ4v) is 3.17. The molecular weight excluding hydrogens is 508 g/mol. The Morgan fingerprint density at radius 2 is 1.86 bits per heavy atom. The summed E-state index contributed by atoms with van der Waals surface area (Å²) >= 11 is 6.87. The minimum Gasteiger partial charge on any atom is -0.490 e. The number of nitrogens with two attached hydrogens (primary N) is 1. The maximum Gasteiger partial charge on any atom is 0.332 e. The van der Waals surface area contributed by atoms with Crippen LogP contribution in [0.25, 0.3) is 0 Å². The van der Waals surface area contributed by atoms with Crippen LogP contribution >= 0.6 is 31.9 Å². The Morgan fingerprint density at radius 3 is 2.48 bits per heavy atom. The van der Waals surface area contributed by atoms with E-state index in [1.807, 2.05) is 38.1 Å². The second kappa shape index (κ2) is 10.8. The average molecular weight is 528 g/mol. The van der Waals surface area contributed by atoms with Crippen LogP contribution < -0.4 is 25.9 Å². The summed E-state index contributed by atoms with van der Waals surface area (Å²) in [6, 6.07) is 8.34. The maximum absolute atomic E-state index is 12.2. The van der Waals surface area contributed by atoms with E-state index in [4.69, 9.17) is 15.2 Å². The third kappa shape index (κ3) is 6.75. The minimum absolute atomic E-state index is 0.213. The van der Waals surface area contributed by atoms with Gasteiger partial charge in [0.25, 0.3) is 5.91 Å². The van der Waals surface area contributed by atoms with E-state index >= 15 is 0 Å². The number of anilines is 1. The standard InChI is InChI=1S/C19H20Br2N4O4/c1-3-28-14-8-12(9-23-25-19(22)27)16(20)17(21)18(14)29-10-15(26)24-13-6-4-11(2)5-7-13/h4-9H,3,10H2,1-2H3,(H,24,26)(H3,22,25,27)/b23-9-. The lowest BCUT2D eigenvalue weighted by Gasteiger charge is -2.16. The van der Waals surface area contributed by atoms with E-state index in [2.05, 4.69) is 47.7 Å². The first-order valence-corrected chi connectivity index (χ1v) is 10.1. The van der Waals surface area contributed by atoms with E-state index in [0.717, 1.165) is 5.56 Å². The van der Waals surface area contributed by atoms with Crippen LogP contribution in [0.15, 0.2) is 44.4 Å². The van der Waals surface area contributed by atoms with Crippen molar-refractivity contribution in [3.63, 3.8) is 0 Å². The minimum atomic E-state index is -0.777. The molecule has 0 aliphatic carbocycles. The summed E-state index contributed by atoms with van der Waals surface area (Å²) in [4.78, 5) is 23.0. The van der Waals surface area contributed by atoms with Crippen molar-refractivity contribution in [2.75, 3.05) is 18.5 Å². The number of rotatable bonds is 8. The zero-order chi connectivity index (χ0) is 21.4. The Balaban J connectivity index is 2.16. The molecule has 8 nitrogen and oxygen atoms in total. The molecule has 0 heterocycles. The molecule has 2 rings (SSSR count). The molecule has 0 aromatic heterocycles. The van der Waals surface area contributed by atoms with Gasteiger partial charge >= 0.3 is 6.03 Å². The Bertz CT molecular complexity index is 917. The van der Waals surface area contributed by atoms with Gasteiger partial charge in [0.2, 0.25) is 0 Å². The fraction of sp³-hybridized carbons (Fsp3) is 0.211. The molecule has 0 fully saturated rings. The van der Waals surface area contributed by atoms with Gasteiger partial charge in [-0.25, -0.2) is 10.2 Å². The number of carbonyl (C=O) groups excluding carboxylic acids is 2. The summed E-state index contributed by atoms with van der Waals surface area (Å²) in [6.45, 7) is 3.97. The molecule has 0 aliphatic rings. The molecule has 2 aromatic rings. The number of ether oxygens (including phenoxy) is 2. The number of nitrogens with zero attached hydrogens (tertiary/aromatic N) is 1. The van der Waals surface area contributed by atoms with Gasteiger partial charge in [0.1, 0.15) is 0 Å². The van der Waals surface area contributed by atoms with E-state index in [0.29, 0.717) is 38.3 Å². The monoisotopic (exact) mass is 526 g/mol. The van der Waals surface area contributed by atoms with Gasteiger partial charge in [0.15, 0.2) is 18.1 Å². The lowest BCUT2D eigenvalue weighted by atomic mass is 10.2. The fourth-order valence-electron chi connectivity index (χ4n) is 2.23. The van der Waals surface area contributed by atoms with Crippen molar-refractivity contribution < 1.29 is 19.1 Å². The Morgan fingerprint density at radius 1 is 1.17 bits per heavy atom. The number of primary amides is 1. The Hall–Kier alpha value is -2.59. The number of nitrogens with one attached hydrogen (secondary N) is 2. The number of urea groups is 1. The van der Waals surface area contributed by atoms with Crippen molar-refractivity contribution in [1.29, 1.82) is 0 Å². The van der Waals surface area contributed by atoms with E-state index in [-0.39, 0.29) is 12.5 Å². The van der Waals surface area contributed by atoms with Crippen molar-refractivity contribution in [2.24, 2.45) is 10.8 Å². The highest BCUT2D eigenvalue weighted by Gasteiger charge is 2.18. The number of amides is 3. The molecule has 0 spiro atoms. The first-order chi connectivity index (χ1) is 13.8. The van der Waals surface area contributed by atoms with Crippen LogP contribution in [-0.4, -0.2) is 31.4 Å². The van der Waals surface area contributed by atoms with Crippen LogP contribution in [0.5, 0.6) is 11.5 Å². The number of hydrogen-bond donors (Lipinski definition) is 3. The third-order valence-corrected chi connectivity index (χ3v) is 5.66. The second-order valence-corrected chi connectivity index (χ2v) is 7.38. The first-order valence-electron chi connectivity index (χ1n) is 8.54. The van der Waals surface area contributed by atoms with Gasteiger partial charge in [0, 0.05) is 15.7 Å². The van der Waals surface area contributed by atoms with Gasteiger partial charge in [-0.3, -0.25) is 4.79 Å². The van der Waals surface area contributed by atoms with Crippen LogP contribution in [0, 0.1) is 6.92 Å². The van der Waals surface area contributed by atoms with Gasteiger partial charge in [-0.05, 0) is 63.9 Å². The molecule has 4 N–H and O–H groups in total. The van der Waals surface area contributed by atoms with Gasteiger partial charge in [-0.2, -0.15) is 5.10 Å². The maximum atomic E-state index is 12.2. The van der Waals surface area contributed by atoms with Gasteiger partial charge in [0.05, 0.1) is 17.3 Å². The number of halogens is 2. The van der Waals surface area contributed by atoms with Crippen molar-refractivity contribution in [3.05, 3.63) is 50.4 Å². The van der Waals surface area contributed by atoms with Crippen LogP contribution in [-0.2, 0) is 4.79 Å². The van der Waals surface area contributed by atoms with Crippen molar-refractivity contribution in [1.82, 2.24) is 5.43 Å². The smallest absolute Gasteiger partial charge is 0.332 e. The van der Waals surface area contributed by atoms with Gasteiger partial charge in [-0.15, -0.1) is 0 Å². The molecule has 0 radical (unpaired) electrons. The van der Waals surface area contributed by atoms with Crippen LogP contribution in [0.1, 0.15) is 18.1 Å². The zero-order valence-electron chi connectivity index (χ0n) is 15.8. The SMILES string of the molecule is CCOc1cc(/C=N\NC(N)=O)c(Br)c(Br)c1OCC(=O)Nc1ccc(C)cc1. The summed E-state index contributed by atoms with van der Waals surface area (Å²) in [5.41, 5.74) is 9.50. The quantitative estimate of drug-likeness (QED) is 0.356. The molecule has 3 amide bonds. The van der Waals surface area contributed by atoms with Crippen LogP contribution in [0.4, 0.5) is 10.5 Å². The Labute approximate surface area is 185 Å². The molecule has 0 aliphatic heterocycles. The molecule has 29 heavy (non-hydrogen) atoms.